The van der Waals surface area contributed by atoms with Crippen molar-refractivity contribution in [3.05, 3.63) is 0 Å². The summed E-state index contributed by atoms with van der Waals surface area (Å²) in [5.41, 5.74) is 0. The van der Waals surface area contributed by atoms with E-state index in [1.54, 1.807) is 0 Å². The Morgan fingerprint density at radius 1 is 1.40 bits per heavy atom. The first-order chi connectivity index (χ1) is 7.00. The molecule has 0 aliphatic carbocycles. The molecule has 1 heterocycles. The molecular weight excluding hydrogens is 190 g/mol. The maximum atomic E-state index is 11.4. The van der Waals surface area contributed by atoms with Gasteiger partial charge in [-0.2, -0.15) is 0 Å². The van der Waals surface area contributed by atoms with Crippen molar-refractivity contribution in [1.82, 2.24) is 15.1 Å². The average molecular weight is 213 g/mol. The molecule has 1 saturated heterocycles. The second-order valence-corrected chi connectivity index (χ2v) is 4.80. The molecule has 0 aromatic rings. The Labute approximate surface area is 92.6 Å². The summed E-state index contributed by atoms with van der Waals surface area (Å²) in [5, 5.41) is 3.00. The Bertz CT molecular complexity index is 218. The minimum absolute atomic E-state index is 0.0802. The van der Waals surface area contributed by atoms with E-state index in [9.17, 15) is 4.79 Å². The first kappa shape index (κ1) is 12.5. The highest BCUT2D eigenvalue weighted by atomic mass is 16.1. The maximum absolute atomic E-state index is 11.4. The predicted octanol–water partition coefficient (Wildman–Crippen LogP) is 0.00440. The lowest BCUT2D eigenvalue weighted by Gasteiger charge is -2.37. The van der Waals surface area contributed by atoms with Gasteiger partial charge in [-0.3, -0.25) is 9.69 Å². The van der Waals surface area contributed by atoms with Crippen LogP contribution in [0.3, 0.4) is 0 Å². The number of piperazine rings is 1. The number of nitrogens with one attached hydrogen (secondary N) is 1. The molecule has 15 heavy (non-hydrogen) atoms. The second-order valence-electron chi connectivity index (χ2n) is 4.80. The molecule has 1 rings (SSSR count). The molecule has 4 nitrogen and oxygen atoms in total. The number of carbonyl (C=O) groups excluding carboxylic acids is 1. The average Bonchev–Trinajstić information content (AvgIpc) is 2.18. The lowest BCUT2D eigenvalue weighted by atomic mass is 10.1. The Morgan fingerprint density at radius 3 is 2.67 bits per heavy atom. The predicted molar refractivity (Wildman–Crippen MR) is 61.8 cm³/mol. The van der Waals surface area contributed by atoms with Gasteiger partial charge in [0, 0.05) is 38.1 Å². The summed E-state index contributed by atoms with van der Waals surface area (Å²) < 4.78 is 0. The molecule has 1 amide bonds. The van der Waals surface area contributed by atoms with E-state index < -0.39 is 0 Å². The molecule has 1 aliphatic heterocycles. The molecule has 1 fully saturated rings. The van der Waals surface area contributed by atoms with Crippen LogP contribution in [0, 0.1) is 5.92 Å². The number of amides is 1. The van der Waals surface area contributed by atoms with Crippen molar-refractivity contribution < 1.29 is 4.79 Å². The van der Waals surface area contributed by atoms with E-state index in [0.717, 1.165) is 26.2 Å². The maximum Gasteiger partial charge on any atom is 0.222 e. The van der Waals surface area contributed by atoms with E-state index in [1.165, 1.54) is 0 Å². The fourth-order valence-electron chi connectivity index (χ4n) is 1.74. The summed E-state index contributed by atoms with van der Waals surface area (Å²) in [6, 6.07) is 0.450. The molecule has 1 atom stereocenters. The van der Waals surface area contributed by atoms with Crippen LogP contribution in [0.5, 0.6) is 0 Å². The SMILES string of the molecule is CC(C)C(=O)NCC1CN(C)CCN1C. The molecule has 0 bridgehead atoms. The van der Waals surface area contributed by atoms with Crippen molar-refractivity contribution in [2.45, 2.75) is 19.9 Å². The van der Waals surface area contributed by atoms with Crippen LogP contribution < -0.4 is 5.32 Å². The van der Waals surface area contributed by atoms with Crippen LogP contribution in [0.4, 0.5) is 0 Å². The highest BCUT2D eigenvalue weighted by Gasteiger charge is 2.22. The fourth-order valence-corrected chi connectivity index (χ4v) is 1.74. The standard InChI is InChI=1S/C11H23N3O/c1-9(2)11(15)12-7-10-8-13(3)5-6-14(10)4/h9-10H,5-8H2,1-4H3,(H,12,15). The molecule has 1 unspecified atom stereocenters. The van der Waals surface area contributed by atoms with Crippen LogP contribution in [0.25, 0.3) is 0 Å². The van der Waals surface area contributed by atoms with Gasteiger partial charge in [0.2, 0.25) is 5.91 Å². The highest BCUT2D eigenvalue weighted by Crippen LogP contribution is 2.05. The number of rotatable bonds is 3. The number of hydrogen-bond acceptors (Lipinski definition) is 3. The summed E-state index contributed by atoms with van der Waals surface area (Å²) >= 11 is 0. The van der Waals surface area contributed by atoms with Crippen molar-refractivity contribution in [2.75, 3.05) is 40.3 Å². The van der Waals surface area contributed by atoms with Crippen LogP contribution in [-0.4, -0.2) is 62.0 Å². The Balaban J connectivity index is 2.33. The smallest absolute Gasteiger partial charge is 0.222 e. The first-order valence-electron chi connectivity index (χ1n) is 5.67. The summed E-state index contributed by atoms with van der Waals surface area (Å²) in [4.78, 5) is 16.1. The second kappa shape index (κ2) is 5.47. The number of hydrogen-bond donors (Lipinski definition) is 1. The summed E-state index contributed by atoms with van der Waals surface area (Å²) in [6.07, 6.45) is 0. The lowest BCUT2D eigenvalue weighted by molar-refractivity contribution is -0.124. The van der Waals surface area contributed by atoms with Gasteiger partial charge in [0.25, 0.3) is 0 Å². The molecule has 0 aromatic heterocycles. The van der Waals surface area contributed by atoms with Crippen LogP contribution in [0.15, 0.2) is 0 Å². The normalized spacial score (nSPS) is 24.5. The topological polar surface area (TPSA) is 35.6 Å². The third kappa shape index (κ3) is 3.80. The van der Waals surface area contributed by atoms with Gasteiger partial charge < -0.3 is 10.2 Å². The molecule has 4 heteroatoms. The molecule has 0 aromatic carbocycles. The van der Waals surface area contributed by atoms with Gasteiger partial charge >= 0.3 is 0 Å². The Kier molecular flexibility index (Phi) is 4.54. The third-order valence-corrected chi connectivity index (χ3v) is 3.02. The van der Waals surface area contributed by atoms with Gasteiger partial charge in [-0.15, -0.1) is 0 Å². The van der Waals surface area contributed by atoms with Crippen molar-refractivity contribution >= 4 is 5.91 Å². The van der Waals surface area contributed by atoms with E-state index in [0.29, 0.717) is 6.04 Å². The van der Waals surface area contributed by atoms with Crippen LogP contribution >= 0.6 is 0 Å². The van der Waals surface area contributed by atoms with Gasteiger partial charge in [-0.05, 0) is 14.1 Å². The van der Waals surface area contributed by atoms with Gasteiger partial charge in [-0.1, -0.05) is 13.8 Å². The zero-order valence-corrected chi connectivity index (χ0v) is 10.3. The van der Waals surface area contributed by atoms with Gasteiger partial charge in [0.05, 0.1) is 0 Å². The van der Waals surface area contributed by atoms with Gasteiger partial charge in [0.15, 0.2) is 0 Å². The third-order valence-electron chi connectivity index (χ3n) is 3.02. The zero-order valence-electron chi connectivity index (χ0n) is 10.3. The highest BCUT2D eigenvalue weighted by molar-refractivity contribution is 5.77. The van der Waals surface area contributed by atoms with Crippen molar-refractivity contribution in [3.63, 3.8) is 0 Å². The minimum atomic E-state index is 0.0802. The van der Waals surface area contributed by atoms with Crippen molar-refractivity contribution in [3.8, 4) is 0 Å². The molecular formula is C11H23N3O. The lowest BCUT2D eigenvalue weighted by Crippen LogP contribution is -2.54. The van der Waals surface area contributed by atoms with E-state index in [2.05, 4.69) is 29.2 Å². The molecule has 0 saturated carbocycles. The van der Waals surface area contributed by atoms with Crippen molar-refractivity contribution in [1.29, 1.82) is 0 Å². The van der Waals surface area contributed by atoms with E-state index in [4.69, 9.17) is 0 Å². The Hall–Kier alpha value is -0.610. The van der Waals surface area contributed by atoms with Gasteiger partial charge in [0.1, 0.15) is 0 Å². The monoisotopic (exact) mass is 213 g/mol. The number of carbonyl (C=O) groups is 1. The summed E-state index contributed by atoms with van der Waals surface area (Å²) in [7, 11) is 4.25. The molecule has 0 radical (unpaired) electrons. The molecule has 88 valence electrons. The minimum Gasteiger partial charge on any atom is -0.354 e. The molecule has 1 aliphatic rings. The van der Waals surface area contributed by atoms with Crippen LogP contribution in [0.1, 0.15) is 13.8 Å². The largest absolute Gasteiger partial charge is 0.354 e. The quantitative estimate of drug-likeness (QED) is 0.717. The van der Waals surface area contributed by atoms with Crippen LogP contribution in [0.2, 0.25) is 0 Å². The molecule has 1 N–H and O–H groups in total. The summed E-state index contributed by atoms with van der Waals surface area (Å²) in [5.74, 6) is 0.230. The van der Waals surface area contributed by atoms with Gasteiger partial charge in [-0.25, -0.2) is 0 Å². The zero-order chi connectivity index (χ0) is 11.4. The number of likely N-dealkylation sites (N-methyl/N-ethyl adjacent to an activating group) is 2. The van der Waals surface area contributed by atoms with Crippen LogP contribution in [-0.2, 0) is 4.79 Å². The van der Waals surface area contributed by atoms with E-state index >= 15 is 0 Å². The summed E-state index contributed by atoms with van der Waals surface area (Å²) in [6.45, 7) is 7.84. The fraction of sp³-hybridized carbons (Fsp3) is 0.909. The van der Waals surface area contributed by atoms with E-state index in [-0.39, 0.29) is 11.8 Å². The molecule has 0 spiro atoms. The number of nitrogens with zero attached hydrogens (tertiary/aromatic N) is 2. The van der Waals surface area contributed by atoms with E-state index in [1.807, 2.05) is 13.8 Å². The first-order valence-corrected chi connectivity index (χ1v) is 5.67. The Morgan fingerprint density at radius 2 is 2.07 bits per heavy atom. The van der Waals surface area contributed by atoms with Crippen molar-refractivity contribution in [2.24, 2.45) is 5.92 Å².